The number of anilines is 1. The van der Waals surface area contributed by atoms with Gasteiger partial charge in [-0.05, 0) is 47.8 Å². The minimum atomic E-state index is -0.580. The highest BCUT2D eigenvalue weighted by Gasteiger charge is 2.25. The van der Waals surface area contributed by atoms with Crippen molar-refractivity contribution in [1.82, 2.24) is 10.2 Å². The Morgan fingerprint density at radius 1 is 1.15 bits per heavy atom. The number of hydrogen-bond acceptors (Lipinski definition) is 6. The maximum absolute atomic E-state index is 13.1. The van der Waals surface area contributed by atoms with Crippen LogP contribution in [0.2, 0.25) is 0 Å². The highest BCUT2D eigenvalue weighted by atomic mass is 32.2. The number of carbonyl (C=O) groups excluding carboxylic acids is 1. The molecule has 0 aliphatic heterocycles. The van der Waals surface area contributed by atoms with Crippen LogP contribution in [-0.2, 0) is 10.5 Å². The summed E-state index contributed by atoms with van der Waals surface area (Å²) in [4.78, 5) is 12.8. The normalized spacial score (nSPS) is 11.9. The third kappa shape index (κ3) is 4.86. The Labute approximate surface area is 158 Å². The molecule has 3 rings (SSSR count). The van der Waals surface area contributed by atoms with Crippen LogP contribution in [-0.4, -0.2) is 22.4 Å². The molecule has 0 aliphatic rings. The van der Waals surface area contributed by atoms with Gasteiger partial charge in [0.15, 0.2) is 0 Å². The number of nitrogens with zero attached hydrogens (tertiary/aromatic N) is 2. The van der Waals surface area contributed by atoms with Crippen molar-refractivity contribution < 1.29 is 13.6 Å². The molecule has 26 heavy (non-hydrogen) atoms. The molecule has 5 nitrogen and oxygen atoms in total. The maximum atomic E-state index is 13.1. The first-order chi connectivity index (χ1) is 12.7. The molecule has 0 bridgehead atoms. The van der Waals surface area contributed by atoms with Gasteiger partial charge in [-0.2, -0.15) is 11.8 Å². The minimum Gasteiger partial charge on any atom is -0.415 e. The van der Waals surface area contributed by atoms with Gasteiger partial charge >= 0.3 is 0 Å². The van der Waals surface area contributed by atoms with E-state index in [2.05, 4.69) is 15.5 Å². The second kappa shape index (κ2) is 8.86. The van der Waals surface area contributed by atoms with E-state index in [4.69, 9.17) is 4.42 Å². The van der Waals surface area contributed by atoms with Crippen LogP contribution in [0.5, 0.6) is 0 Å². The zero-order valence-electron chi connectivity index (χ0n) is 13.9. The van der Waals surface area contributed by atoms with Crippen molar-refractivity contribution in [2.24, 2.45) is 0 Å². The molecular weight excluding hydrogens is 373 g/mol. The molecule has 1 unspecified atom stereocenters. The highest BCUT2D eigenvalue weighted by molar-refractivity contribution is 8.00. The average Bonchev–Trinajstić information content (AvgIpc) is 3.10. The molecule has 0 fully saturated rings. The van der Waals surface area contributed by atoms with Gasteiger partial charge in [0.25, 0.3) is 5.22 Å². The topological polar surface area (TPSA) is 68.0 Å². The van der Waals surface area contributed by atoms with Crippen LogP contribution in [0.1, 0.15) is 16.7 Å². The molecule has 1 amide bonds. The van der Waals surface area contributed by atoms with Gasteiger partial charge in [0.05, 0.1) is 5.75 Å². The summed E-state index contributed by atoms with van der Waals surface area (Å²) in [5.74, 6) is 0.526. The van der Waals surface area contributed by atoms with E-state index >= 15 is 0 Å². The van der Waals surface area contributed by atoms with Crippen molar-refractivity contribution in [1.29, 1.82) is 0 Å². The van der Waals surface area contributed by atoms with Crippen molar-refractivity contribution in [3.05, 3.63) is 71.9 Å². The summed E-state index contributed by atoms with van der Waals surface area (Å²) in [5, 5.41) is 10.5. The lowest BCUT2D eigenvalue weighted by Gasteiger charge is -2.15. The van der Waals surface area contributed by atoms with Crippen molar-refractivity contribution in [3.63, 3.8) is 0 Å². The molecule has 1 N–H and O–H groups in total. The number of nitrogens with one attached hydrogen (secondary N) is 1. The van der Waals surface area contributed by atoms with Crippen LogP contribution in [0.25, 0.3) is 0 Å². The Bertz CT molecular complexity index is 856. The number of thioether (sulfide) groups is 2. The molecule has 0 saturated carbocycles. The van der Waals surface area contributed by atoms with Crippen LogP contribution in [0, 0.1) is 5.82 Å². The Morgan fingerprint density at radius 2 is 1.88 bits per heavy atom. The van der Waals surface area contributed by atoms with E-state index in [1.165, 1.54) is 36.0 Å². The number of carbonyl (C=O) groups is 1. The van der Waals surface area contributed by atoms with Crippen molar-refractivity contribution in [2.45, 2.75) is 16.2 Å². The number of benzene rings is 2. The molecule has 0 saturated heterocycles. The zero-order chi connectivity index (χ0) is 18.4. The summed E-state index contributed by atoms with van der Waals surface area (Å²) in [6.45, 7) is 0. The van der Waals surface area contributed by atoms with Gasteiger partial charge in [-0.1, -0.05) is 30.3 Å². The lowest BCUT2D eigenvalue weighted by atomic mass is 10.1. The van der Waals surface area contributed by atoms with E-state index in [1.807, 2.05) is 36.6 Å². The summed E-state index contributed by atoms with van der Waals surface area (Å²) in [7, 11) is 0. The Hall–Kier alpha value is -2.32. The number of halogens is 1. The first-order valence-corrected chi connectivity index (χ1v) is 10.0. The monoisotopic (exact) mass is 389 g/mol. The SMILES string of the molecule is CSCc1nnc(SC(C(=O)Nc2ccc(F)cc2)c2ccccc2)o1. The maximum Gasteiger partial charge on any atom is 0.277 e. The smallest absolute Gasteiger partial charge is 0.277 e. The molecule has 0 spiro atoms. The molecule has 0 aliphatic carbocycles. The first-order valence-electron chi connectivity index (χ1n) is 7.75. The predicted octanol–water partition coefficient (Wildman–Crippen LogP) is 4.54. The van der Waals surface area contributed by atoms with E-state index in [-0.39, 0.29) is 11.7 Å². The third-order valence-corrected chi connectivity index (χ3v) is 5.01. The average molecular weight is 389 g/mol. The molecule has 8 heteroatoms. The molecule has 1 heterocycles. The molecule has 0 radical (unpaired) electrons. The summed E-state index contributed by atoms with van der Waals surface area (Å²) in [6.07, 6.45) is 1.94. The molecule has 1 atom stereocenters. The lowest BCUT2D eigenvalue weighted by Crippen LogP contribution is -2.19. The Morgan fingerprint density at radius 3 is 2.58 bits per heavy atom. The molecule has 134 valence electrons. The fourth-order valence-corrected chi connectivity index (χ4v) is 3.47. The van der Waals surface area contributed by atoms with Crippen LogP contribution in [0.15, 0.2) is 64.2 Å². The van der Waals surface area contributed by atoms with Crippen LogP contribution in [0.3, 0.4) is 0 Å². The van der Waals surface area contributed by atoms with Gasteiger partial charge in [0.2, 0.25) is 11.8 Å². The number of rotatable bonds is 7. The van der Waals surface area contributed by atoms with Gasteiger partial charge in [0.1, 0.15) is 11.1 Å². The molecular formula is C18H16FN3O2S2. The number of amides is 1. The second-order valence-electron chi connectivity index (χ2n) is 5.30. The molecule has 2 aromatic carbocycles. The molecule has 3 aromatic rings. The summed E-state index contributed by atoms with van der Waals surface area (Å²) >= 11 is 2.76. The van der Waals surface area contributed by atoms with Crippen molar-refractivity contribution in [2.75, 3.05) is 11.6 Å². The van der Waals surface area contributed by atoms with E-state index in [0.29, 0.717) is 22.6 Å². The number of aromatic nitrogens is 2. The fraction of sp³-hybridized carbons (Fsp3) is 0.167. The Balaban J connectivity index is 1.80. The predicted molar refractivity (Wildman–Crippen MR) is 102 cm³/mol. The van der Waals surface area contributed by atoms with E-state index in [0.717, 1.165) is 5.56 Å². The number of hydrogen-bond donors (Lipinski definition) is 1. The van der Waals surface area contributed by atoms with Gasteiger partial charge in [-0.3, -0.25) is 4.79 Å². The van der Waals surface area contributed by atoms with E-state index in [9.17, 15) is 9.18 Å². The van der Waals surface area contributed by atoms with Gasteiger partial charge in [0, 0.05) is 5.69 Å². The van der Waals surface area contributed by atoms with Gasteiger partial charge in [-0.25, -0.2) is 4.39 Å². The fourth-order valence-electron chi connectivity index (χ4n) is 2.21. The van der Waals surface area contributed by atoms with E-state index in [1.54, 1.807) is 11.8 Å². The van der Waals surface area contributed by atoms with Crippen molar-refractivity contribution >= 4 is 35.1 Å². The zero-order valence-corrected chi connectivity index (χ0v) is 15.5. The van der Waals surface area contributed by atoms with Crippen molar-refractivity contribution in [3.8, 4) is 0 Å². The van der Waals surface area contributed by atoms with Crippen LogP contribution >= 0.6 is 23.5 Å². The third-order valence-electron chi connectivity index (χ3n) is 3.39. The summed E-state index contributed by atoms with van der Waals surface area (Å²) in [6, 6.07) is 15.0. The van der Waals surface area contributed by atoms with Gasteiger partial charge < -0.3 is 9.73 Å². The first kappa shape index (κ1) is 18.5. The second-order valence-corrected chi connectivity index (χ2v) is 7.22. The minimum absolute atomic E-state index is 0.252. The summed E-state index contributed by atoms with van der Waals surface area (Å²) < 4.78 is 18.6. The largest absolute Gasteiger partial charge is 0.415 e. The van der Waals surface area contributed by atoms with Crippen LogP contribution < -0.4 is 5.32 Å². The summed E-state index contributed by atoms with van der Waals surface area (Å²) in [5.41, 5.74) is 1.33. The lowest BCUT2D eigenvalue weighted by molar-refractivity contribution is -0.115. The Kier molecular flexibility index (Phi) is 6.30. The standard InChI is InChI=1S/C18H16FN3O2S2/c1-25-11-15-21-22-18(24-15)26-16(12-5-3-2-4-6-12)17(23)20-14-9-7-13(19)8-10-14/h2-10,16H,11H2,1H3,(H,20,23). The van der Waals surface area contributed by atoms with E-state index < -0.39 is 5.25 Å². The highest BCUT2D eigenvalue weighted by Crippen LogP contribution is 2.35. The van der Waals surface area contributed by atoms with Gasteiger partial charge in [-0.15, -0.1) is 10.2 Å². The molecule has 1 aromatic heterocycles. The quantitative estimate of drug-likeness (QED) is 0.598. The van der Waals surface area contributed by atoms with Crippen LogP contribution in [0.4, 0.5) is 10.1 Å².